The highest BCUT2D eigenvalue weighted by Crippen LogP contribution is 2.35. The van der Waals surface area contributed by atoms with Crippen molar-refractivity contribution in [3.05, 3.63) is 23.8 Å². The van der Waals surface area contributed by atoms with Crippen LogP contribution in [0.3, 0.4) is 0 Å². The Hall–Kier alpha value is -1.95. The van der Waals surface area contributed by atoms with E-state index in [0.29, 0.717) is 13.1 Å². The van der Waals surface area contributed by atoms with Crippen LogP contribution in [0, 0.1) is 0 Å². The number of nitrogens with one attached hydrogen (secondary N) is 1. The second-order valence-corrected chi connectivity index (χ2v) is 7.11. The van der Waals surface area contributed by atoms with Gasteiger partial charge in [-0.15, -0.1) is 12.4 Å². The van der Waals surface area contributed by atoms with Gasteiger partial charge in [-0.25, -0.2) is 4.79 Å². The molecule has 7 heteroatoms. The van der Waals surface area contributed by atoms with Crippen molar-refractivity contribution in [3.63, 3.8) is 0 Å². The normalized spacial score (nSPS) is 21.3. The average Bonchev–Trinajstić information content (AvgIpc) is 3.13. The minimum atomic E-state index is -0.610. The molecule has 0 atom stereocenters. The van der Waals surface area contributed by atoms with Crippen LogP contribution in [0.2, 0.25) is 0 Å². The van der Waals surface area contributed by atoms with E-state index in [2.05, 4.69) is 16.3 Å². The molecule has 136 valence electrons. The maximum atomic E-state index is 12.7. The molecule has 2 fully saturated rings. The van der Waals surface area contributed by atoms with Gasteiger partial charge in [0.15, 0.2) is 0 Å². The maximum absolute atomic E-state index is 12.7. The van der Waals surface area contributed by atoms with Gasteiger partial charge in [-0.05, 0) is 43.4 Å². The first-order chi connectivity index (χ1) is 11.6. The fourth-order valence-corrected chi connectivity index (χ4v) is 4.38. The summed E-state index contributed by atoms with van der Waals surface area (Å²) in [5.41, 5.74) is 8.64. The number of nitrogens with two attached hydrogens (primary N) is 1. The van der Waals surface area contributed by atoms with Gasteiger partial charge in [-0.1, -0.05) is 18.9 Å². The Bertz CT molecular complexity index is 688. The van der Waals surface area contributed by atoms with Crippen molar-refractivity contribution >= 4 is 35.7 Å². The van der Waals surface area contributed by atoms with Crippen LogP contribution in [0.25, 0.3) is 0 Å². The monoisotopic (exact) mass is 364 g/mol. The van der Waals surface area contributed by atoms with Crippen molar-refractivity contribution in [1.29, 1.82) is 0 Å². The van der Waals surface area contributed by atoms with Gasteiger partial charge >= 0.3 is 6.03 Å². The minimum absolute atomic E-state index is 0. The SMILES string of the molecule is Cl.Nc1cccc2c1CCCN2CCN1C(=O)NC2(CCCC2)C1=O. The molecule has 1 aromatic carbocycles. The van der Waals surface area contributed by atoms with E-state index in [4.69, 9.17) is 5.73 Å². The topological polar surface area (TPSA) is 78.7 Å². The number of hydrogen-bond donors (Lipinski definition) is 2. The fraction of sp³-hybridized carbons (Fsp3) is 0.556. The number of rotatable bonds is 3. The van der Waals surface area contributed by atoms with Crippen LogP contribution in [0.15, 0.2) is 18.2 Å². The maximum Gasteiger partial charge on any atom is 0.325 e. The van der Waals surface area contributed by atoms with Gasteiger partial charge in [-0.2, -0.15) is 0 Å². The van der Waals surface area contributed by atoms with Gasteiger partial charge < -0.3 is 16.0 Å². The van der Waals surface area contributed by atoms with Gasteiger partial charge in [0.05, 0.1) is 0 Å². The Labute approximate surface area is 154 Å². The number of amides is 3. The molecule has 0 bridgehead atoms. The first-order valence-corrected chi connectivity index (χ1v) is 8.87. The second kappa shape index (κ2) is 6.75. The van der Waals surface area contributed by atoms with Crippen molar-refractivity contribution in [3.8, 4) is 0 Å². The van der Waals surface area contributed by atoms with Crippen molar-refractivity contribution in [2.75, 3.05) is 30.3 Å². The molecule has 3 amide bonds. The van der Waals surface area contributed by atoms with E-state index in [9.17, 15) is 9.59 Å². The van der Waals surface area contributed by atoms with Crippen molar-refractivity contribution in [2.24, 2.45) is 0 Å². The van der Waals surface area contributed by atoms with Gasteiger partial charge in [0, 0.05) is 31.0 Å². The molecule has 4 rings (SSSR count). The van der Waals surface area contributed by atoms with Crippen LogP contribution in [0.1, 0.15) is 37.7 Å². The molecular formula is C18H25ClN4O2. The third-order valence-electron chi connectivity index (χ3n) is 5.68. The largest absolute Gasteiger partial charge is 0.398 e. The molecular weight excluding hydrogens is 340 g/mol. The van der Waals surface area contributed by atoms with Gasteiger partial charge in [0.1, 0.15) is 5.54 Å². The molecule has 3 N–H and O–H groups in total. The van der Waals surface area contributed by atoms with Gasteiger partial charge in [-0.3, -0.25) is 9.69 Å². The molecule has 0 radical (unpaired) electrons. The predicted octanol–water partition coefficient (Wildman–Crippen LogP) is 2.31. The summed E-state index contributed by atoms with van der Waals surface area (Å²) in [4.78, 5) is 28.6. The fourth-order valence-electron chi connectivity index (χ4n) is 4.38. The average molecular weight is 365 g/mol. The van der Waals surface area contributed by atoms with Crippen LogP contribution in [-0.2, 0) is 11.2 Å². The van der Waals surface area contributed by atoms with E-state index >= 15 is 0 Å². The Morgan fingerprint density at radius 3 is 2.64 bits per heavy atom. The summed E-state index contributed by atoms with van der Waals surface area (Å²) in [6.45, 7) is 2.03. The summed E-state index contributed by atoms with van der Waals surface area (Å²) in [7, 11) is 0. The Morgan fingerprint density at radius 1 is 1.12 bits per heavy atom. The highest BCUT2D eigenvalue weighted by Gasteiger charge is 2.52. The molecule has 1 saturated carbocycles. The summed E-state index contributed by atoms with van der Waals surface area (Å²) in [5, 5.41) is 2.94. The first kappa shape index (κ1) is 17.9. The quantitative estimate of drug-likeness (QED) is 0.637. The lowest BCUT2D eigenvalue weighted by Gasteiger charge is -2.33. The number of nitrogen functional groups attached to an aromatic ring is 1. The smallest absolute Gasteiger partial charge is 0.325 e. The molecule has 1 spiro atoms. The van der Waals surface area contributed by atoms with E-state index in [1.807, 2.05) is 12.1 Å². The summed E-state index contributed by atoms with van der Waals surface area (Å²) >= 11 is 0. The van der Waals surface area contributed by atoms with E-state index in [0.717, 1.165) is 56.4 Å². The zero-order chi connectivity index (χ0) is 16.7. The molecule has 1 aromatic rings. The van der Waals surface area contributed by atoms with E-state index in [1.54, 1.807) is 0 Å². The minimum Gasteiger partial charge on any atom is -0.398 e. The summed E-state index contributed by atoms with van der Waals surface area (Å²) in [6.07, 6.45) is 5.61. The lowest BCUT2D eigenvalue weighted by molar-refractivity contribution is -0.131. The number of carbonyl (C=O) groups is 2. The zero-order valence-corrected chi connectivity index (χ0v) is 15.1. The molecule has 1 aliphatic carbocycles. The number of halogens is 1. The summed E-state index contributed by atoms with van der Waals surface area (Å²) in [6, 6.07) is 5.75. The van der Waals surface area contributed by atoms with Crippen molar-refractivity contribution < 1.29 is 9.59 Å². The van der Waals surface area contributed by atoms with Crippen molar-refractivity contribution in [1.82, 2.24) is 10.2 Å². The molecule has 0 aromatic heterocycles. The number of nitrogens with zero attached hydrogens (tertiary/aromatic N) is 2. The van der Waals surface area contributed by atoms with Crippen LogP contribution < -0.4 is 16.0 Å². The number of benzene rings is 1. The van der Waals surface area contributed by atoms with E-state index < -0.39 is 5.54 Å². The lowest BCUT2D eigenvalue weighted by Crippen LogP contribution is -2.45. The molecule has 0 unspecified atom stereocenters. The van der Waals surface area contributed by atoms with Crippen LogP contribution in [-0.4, -0.2) is 42.0 Å². The number of hydrogen-bond acceptors (Lipinski definition) is 4. The number of anilines is 2. The third kappa shape index (κ3) is 2.92. The second-order valence-electron chi connectivity index (χ2n) is 7.11. The predicted molar refractivity (Wildman–Crippen MR) is 100 cm³/mol. The number of imide groups is 1. The van der Waals surface area contributed by atoms with E-state index in [1.165, 1.54) is 10.5 Å². The van der Waals surface area contributed by atoms with Gasteiger partial charge in [0.2, 0.25) is 0 Å². The number of carbonyl (C=O) groups excluding carboxylic acids is 2. The molecule has 1 saturated heterocycles. The number of urea groups is 1. The summed E-state index contributed by atoms with van der Waals surface area (Å²) in [5.74, 6) is -0.0326. The highest BCUT2D eigenvalue weighted by atomic mass is 35.5. The third-order valence-corrected chi connectivity index (χ3v) is 5.68. The summed E-state index contributed by atoms with van der Waals surface area (Å²) < 4.78 is 0. The van der Waals surface area contributed by atoms with Crippen molar-refractivity contribution in [2.45, 2.75) is 44.1 Å². The Morgan fingerprint density at radius 2 is 1.88 bits per heavy atom. The van der Waals surface area contributed by atoms with Crippen LogP contribution in [0.4, 0.5) is 16.2 Å². The first-order valence-electron chi connectivity index (χ1n) is 8.87. The Kier molecular flexibility index (Phi) is 4.82. The Balaban J connectivity index is 0.00000182. The van der Waals surface area contributed by atoms with Crippen LogP contribution >= 0.6 is 12.4 Å². The standard InChI is InChI=1S/C18H24N4O2.ClH/c19-14-6-3-7-15-13(14)5-4-10-21(15)11-12-22-16(23)18(20-17(22)24)8-1-2-9-18;/h3,6-7H,1-2,4-5,8-12,19H2,(H,20,24);1H. The molecule has 6 nitrogen and oxygen atoms in total. The molecule has 3 aliphatic rings. The molecule has 25 heavy (non-hydrogen) atoms. The van der Waals surface area contributed by atoms with E-state index in [-0.39, 0.29) is 24.3 Å². The lowest BCUT2D eigenvalue weighted by atomic mass is 9.98. The molecule has 2 heterocycles. The number of fused-ring (bicyclic) bond motifs is 1. The zero-order valence-electron chi connectivity index (χ0n) is 14.3. The molecule has 2 aliphatic heterocycles. The van der Waals surface area contributed by atoms with Gasteiger partial charge in [0.25, 0.3) is 5.91 Å². The van der Waals surface area contributed by atoms with Crippen LogP contribution in [0.5, 0.6) is 0 Å². The highest BCUT2D eigenvalue weighted by molar-refractivity contribution is 6.07.